The number of nitrogens with zero attached hydrogens (tertiary/aromatic N) is 1. The Morgan fingerprint density at radius 2 is 2.04 bits per heavy atom. The van der Waals surface area contributed by atoms with Gasteiger partial charge in [0.15, 0.2) is 0 Å². The van der Waals surface area contributed by atoms with Gasteiger partial charge in [-0.15, -0.1) is 0 Å². The maximum absolute atomic E-state index is 13.2. The largest absolute Gasteiger partial charge is 0.496 e. The van der Waals surface area contributed by atoms with Gasteiger partial charge in [0.05, 0.1) is 12.7 Å². The van der Waals surface area contributed by atoms with E-state index >= 15 is 0 Å². The van der Waals surface area contributed by atoms with Crippen LogP contribution in [-0.4, -0.2) is 42.5 Å². The van der Waals surface area contributed by atoms with Gasteiger partial charge < -0.3 is 15.0 Å². The van der Waals surface area contributed by atoms with E-state index in [-0.39, 0.29) is 17.2 Å². The van der Waals surface area contributed by atoms with Crippen molar-refractivity contribution in [3.05, 3.63) is 29.3 Å². The second kappa shape index (κ2) is 7.55. The van der Waals surface area contributed by atoms with Crippen LogP contribution in [0.1, 0.15) is 49.0 Å². The average Bonchev–Trinajstić information content (AvgIpc) is 2.58. The molecule has 1 aliphatic heterocycles. The zero-order valence-electron chi connectivity index (χ0n) is 15.1. The Labute approximate surface area is 150 Å². The van der Waals surface area contributed by atoms with Crippen molar-refractivity contribution in [3.63, 3.8) is 0 Å². The van der Waals surface area contributed by atoms with Crippen LogP contribution < -0.4 is 10.1 Å². The maximum atomic E-state index is 13.2. The topological polar surface area (TPSA) is 58.6 Å². The number of hydrogen-bond acceptors (Lipinski definition) is 3. The molecule has 5 nitrogen and oxygen atoms in total. The lowest BCUT2D eigenvalue weighted by molar-refractivity contribution is -0.139. The van der Waals surface area contributed by atoms with Gasteiger partial charge in [-0.05, 0) is 38.0 Å². The molecule has 0 saturated carbocycles. The number of hydrogen-bond donors (Lipinski definition) is 1. The van der Waals surface area contributed by atoms with E-state index in [0.717, 1.165) is 32.1 Å². The minimum absolute atomic E-state index is 0.120. The fourth-order valence-electron chi connectivity index (χ4n) is 2.91. The fourth-order valence-corrected chi connectivity index (χ4v) is 2.91. The molecule has 0 bridgehead atoms. The summed E-state index contributed by atoms with van der Waals surface area (Å²) in [5, 5.41) is 2.78. The number of ether oxygens (including phenoxy) is 1. The molecule has 1 N–H and O–H groups in total. The molecule has 1 aromatic rings. The number of halogens is 3. The van der Waals surface area contributed by atoms with Crippen molar-refractivity contribution in [1.29, 1.82) is 0 Å². The van der Waals surface area contributed by atoms with Crippen molar-refractivity contribution in [2.45, 2.75) is 44.8 Å². The van der Waals surface area contributed by atoms with Crippen LogP contribution in [0.15, 0.2) is 18.2 Å². The number of alkyl halides is 3. The van der Waals surface area contributed by atoms with E-state index < -0.39 is 23.2 Å². The number of likely N-dealkylation sites (tertiary alicyclic amines) is 1. The first-order chi connectivity index (χ1) is 12.1. The van der Waals surface area contributed by atoms with Crippen LogP contribution >= 0.6 is 0 Å². The summed E-state index contributed by atoms with van der Waals surface area (Å²) >= 11 is 0. The smallest absolute Gasteiger partial charge is 0.419 e. The Hall–Kier alpha value is -2.25. The van der Waals surface area contributed by atoms with Gasteiger partial charge in [0, 0.05) is 18.7 Å². The number of methoxy groups -OCH3 is 1. The molecule has 2 amide bonds. The van der Waals surface area contributed by atoms with Crippen LogP contribution in [-0.2, 0) is 11.0 Å². The van der Waals surface area contributed by atoms with Crippen LogP contribution in [0.3, 0.4) is 0 Å². The monoisotopic (exact) mass is 372 g/mol. The first-order valence-electron chi connectivity index (χ1n) is 8.50. The lowest BCUT2D eigenvalue weighted by atomic mass is 9.84. The number of carbonyl (C=O) groups excluding carboxylic acids is 2. The Balaban J connectivity index is 2.22. The molecule has 1 heterocycles. The number of nitrogens with one attached hydrogen (secondary N) is 1. The third kappa shape index (κ3) is 3.78. The van der Waals surface area contributed by atoms with E-state index in [2.05, 4.69) is 5.32 Å². The maximum Gasteiger partial charge on any atom is 0.419 e. The second-order valence-electron chi connectivity index (χ2n) is 6.50. The molecule has 8 heteroatoms. The van der Waals surface area contributed by atoms with Crippen molar-refractivity contribution < 1.29 is 27.5 Å². The Morgan fingerprint density at radius 1 is 1.35 bits per heavy atom. The number of amides is 2. The summed E-state index contributed by atoms with van der Waals surface area (Å²) in [6.45, 7) is 4.45. The van der Waals surface area contributed by atoms with Crippen LogP contribution in [0.4, 0.5) is 13.2 Å². The predicted molar refractivity (Wildman–Crippen MR) is 90.0 cm³/mol. The predicted octanol–water partition coefficient (Wildman–Crippen LogP) is 3.23. The van der Waals surface area contributed by atoms with Crippen molar-refractivity contribution in [2.75, 3.05) is 20.2 Å². The highest BCUT2D eigenvalue weighted by Crippen LogP contribution is 2.38. The molecule has 0 aromatic heterocycles. The summed E-state index contributed by atoms with van der Waals surface area (Å²) < 4.78 is 44.2. The summed E-state index contributed by atoms with van der Waals surface area (Å²) in [4.78, 5) is 26.4. The van der Waals surface area contributed by atoms with Gasteiger partial charge in [0.1, 0.15) is 11.3 Å². The Bertz CT molecular complexity index is 691. The highest BCUT2D eigenvalue weighted by molar-refractivity contribution is 6.00. The average molecular weight is 372 g/mol. The molecule has 1 unspecified atom stereocenters. The molecular formula is C18H23F3N2O3. The summed E-state index contributed by atoms with van der Waals surface area (Å²) in [7, 11) is 1.14. The van der Waals surface area contributed by atoms with Gasteiger partial charge in [-0.25, -0.2) is 0 Å². The van der Waals surface area contributed by atoms with E-state index in [1.807, 2.05) is 6.92 Å². The first-order valence-corrected chi connectivity index (χ1v) is 8.50. The lowest BCUT2D eigenvalue weighted by Gasteiger charge is -2.49. The quantitative estimate of drug-likeness (QED) is 0.780. The van der Waals surface area contributed by atoms with Gasteiger partial charge in [-0.2, -0.15) is 13.2 Å². The van der Waals surface area contributed by atoms with Crippen molar-refractivity contribution in [3.8, 4) is 5.75 Å². The summed E-state index contributed by atoms with van der Waals surface area (Å²) in [5.74, 6) is -1.23. The molecule has 1 aliphatic rings. The third-order valence-electron chi connectivity index (χ3n) is 4.72. The van der Waals surface area contributed by atoms with Gasteiger partial charge in [0.25, 0.3) is 5.91 Å². The van der Waals surface area contributed by atoms with E-state index in [4.69, 9.17) is 4.74 Å². The number of carbonyl (C=O) groups is 2. The standard InChI is InChI=1S/C18H23F3N2O3/c1-4-5-9-22-16(25)17(2)8-10-23(17)15(24)12-6-7-14(26-3)13(11-12)18(19,20)21/h6-7,11H,4-5,8-10H2,1-3H3,(H,22,25). The van der Waals surface area contributed by atoms with E-state index in [0.29, 0.717) is 19.5 Å². The molecule has 1 atom stereocenters. The van der Waals surface area contributed by atoms with Crippen LogP contribution in [0.25, 0.3) is 0 Å². The number of rotatable bonds is 6. The summed E-state index contributed by atoms with van der Waals surface area (Å²) in [5.41, 5.74) is -2.17. The summed E-state index contributed by atoms with van der Waals surface area (Å²) in [6, 6.07) is 3.17. The van der Waals surface area contributed by atoms with E-state index in [1.165, 1.54) is 11.0 Å². The number of unbranched alkanes of at least 4 members (excludes halogenated alkanes) is 1. The highest BCUT2D eigenvalue weighted by Gasteiger charge is 2.49. The van der Waals surface area contributed by atoms with Crippen LogP contribution in [0, 0.1) is 0 Å². The minimum Gasteiger partial charge on any atom is -0.496 e. The number of benzene rings is 1. The fraction of sp³-hybridized carbons (Fsp3) is 0.556. The molecule has 1 saturated heterocycles. The lowest BCUT2D eigenvalue weighted by Crippen LogP contribution is -2.67. The van der Waals surface area contributed by atoms with Gasteiger partial charge >= 0.3 is 6.18 Å². The molecule has 1 aromatic carbocycles. The molecule has 0 aliphatic carbocycles. The van der Waals surface area contributed by atoms with Crippen molar-refractivity contribution in [1.82, 2.24) is 10.2 Å². The minimum atomic E-state index is -4.64. The van der Waals surface area contributed by atoms with Gasteiger partial charge in [-0.1, -0.05) is 13.3 Å². The first kappa shape index (κ1) is 20.1. The van der Waals surface area contributed by atoms with E-state index in [9.17, 15) is 22.8 Å². The molecule has 26 heavy (non-hydrogen) atoms. The Morgan fingerprint density at radius 3 is 2.54 bits per heavy atom. The van der Waals surface area contributed by atoms with Crippen molar-refractivity contribution in [2.24, 2.45) is 0 Å². The normalized spacial score (nSPS) is 19.7. The second-order valence-corrected chi connectivity index (χ2v) is 6.50. The SMILES string of the molecule is CCCCNC(=O)C1(C)CCN1C(=O)c1ccc(OC)c(C(F)(F)F)c1. The van der Waals surface area contributed by atoms with Gasteiger partial charge in [-0.3, -0.25) is 9.59 Å². The Kier molecular flexibility index (Phi) is 5.83. The van der Waals surface area contributed by atoms with E-state index in [1.54, 1.807) is 6.92 Å². The molecule has 2 rings (SSSR count). The summed E-state index contributed by atoms with van der Waals surface area (Å²) in [6.07, 6.45) is -2.43. The molecular weight excluding hydrogens is 349 g/mol. The van der Waals surface area contributed by atoms with Crippen LogP contribution in [0.2, 0.25) is 0 Å². The third-order valence-corrected chi connectivity index (χ3v) is 4.72. The highest BCUT2D eigenvalue weighted by atomic mass is 19.4. The zero-order chi connectivity index (χ0) is 19.5. The molecule has 1 fully saturated rings. The van der Waals surface area contributed by atoms with Crippen LogP contribution in [0.5, 0.6) is 5.75 Å². The zero-order valence-corrected chi connectivity index (χ0v) is 15.1. The van der Waals surface area contributed by atoms with Gasteiger partial charge in [0.2, 0.25) is 5.91 Å². The molecule has 0 spiro atoms. The molecule has 144 valence electrons. The van der Waals surface area contributed by atoms with Crippen molar-refractivity contribution >= 4 is 11.8 Å². The molecule has 0 radical (unpaired) electrons.